The fourth-order valence-corrected chi connectivity index (χ4v) is 3.61. The SMILES string of the molecule is CNC(=O)c1cc(C(=O)NC2CCC(C)(O)CC2)n(C(C)c2ccccc2)n1. The Morgan fingerprint density at radius 1 is 1.21 bits per heavy atom. The van der Waals surface area contributed by atoms with Crippen molar-refractivity contribution in [3.05, 3.63) is 53.3 Å². The largest absolute Gasteiger partial charge is 0.390 e. The molecular formula is C21H28N4O3. The summed E-state index contributed by atoms with van der Waals surface area (Å²) in [5.41, 5.74) is 0.906. The first-order chi connectivity index (χ1) is 13.3. The first-order valence-electron chi connectivity index (χ1n) is 9.70. The third-order valence-electron chi connectivity index (χ3n) is 5.47. The highest BCUT2D eigenvalue weighted by Crippen LogP contribution is 2.28. The zero-order chi connectivity index (χ0) is 20.3. The van der Waals surface area contributed by atoms with Crippen LogP contribution in [-0.4, -0.2) is 45.4 Å². The van der Waals surface area contributed by atoms with Crippen molar-refractivity contribution in [2.75, 3.05) is 7.05 Å². The summed E-state index contributed by atoms with van der Waals surface area (Å²) in [7, 11) is 1.54. The summed E-state index contributed by atoms with van der Waals surface area (Å²) in [6.07, 6.45) is 2.76. The Kier molecular flexibility index (Phi) is 5.84. The number of carbonyl (C=O) groups is 2. The van der Waals surface area contributed by atoms with Crippen molar-refractivity contribution in [3.63, 3.8) is 0 Å². The normalized spacial score (nSPS) is 23.1. The molecule has 1 unspecified atom stereocenters. The van der Waals surface area contributed by atoms with Gasteiger partial charge in [-0.3, -0.25) is 14.3 Å². The molecule has 0 bridgehead atoms. The highest BCUT2D eigenvalue weighted by atomic mass is 16.3. The zero-order valence-corrected chi connectivity index (χ0v) is 16.6. The third-order valence-corrected chi connectivity index (χ3v) is 5.47. The van der Waals surface area contributed by atoms with Gasteiger partial charge in [0.1, 0.15) is 5.69 Å². The van der Waals surface area contributed by atoms with Crippen LogP contribution in [0.4, 0.5) is 0 Å². The molecule has 1 aromatic heterocycles. The topological polar surface area (TPSA) is 96.3 Å². The highest BCUT2D eigenvalue weighted by Gasteiger charge is 2.30. The lowest BCUT2D eigenvalue weighted by atomic mass is 9.83. The molecule has 7 nitrogen and oxygen atoms in total. The number of amides is 2. The lowest BCUT2D eigenvalue weighted by Gasteiger charge is -2.33. The van der Waals surface area contributed by atoms with Gasteiger partial charge in [0, 0.05) is 19.2 Å². The van der Waals surface area contributed by atoms with E-state index >= 15 is 0 Å². The number of rotatable bonds is 5. The minimum atomic E-state index is -0.656. The third kappa shape index (κ3) is 4.42. The maximum atomic E-state index is 13.0. The van der Waals surface area contributed by atoms with Crippen LogP contribution in [0.25, 0.3) is 0 Å². The predicted molar refractivity (Wildman–Crippen MR) is 106 cm³/mol. The van der Waals surface area contributed by atoms with E-state index in [4.69, 9.17) is 0 Å². The molecule has 1 aliphatic carbocycles. The molecule has 1 saturated carbocycles. The van der Waals surface area contributed by atoms with E-state index in [1.807, 2.05) is 44.2 Å². The molecule has 1 aliphatic rings. The molecule has 1 heterocycles. The lowest BCUT2D eigenvalue weighted by Crippen LogP contribution is -2.42. The fourth-order valence-electron chi connectivity index (χ4n) is 3.61. The Balaban J connectivity index is 1.85. The molecule has 0 radical (unpaired) electrons. The number of carbonyl (C=O) groups excluding carboxylic acids is 2. The Bertz CT molecular complexity index is 835. The zero-order valence-electron chi connectivity index (χ0n) is 16.6. The first kappa shape index (κ1) is 20.1. The van der Waals surface area contributed by atoms with E-state index in [9.17, 15) is 14.7 Å². The molecule has 150 valence electrons. The molecule has 2 aromatic rings. The maximum absolute atomic E-state index is 13.0. The quantitative estimate of drug-likeness (QED) is 0.737. The number of aliphatic hydroxyl groups is 1. The average molecular weight is 384 g/mol. The van der Waals surface area contributed by atoms with Crippen LogP contribution in [0.2, 0.25) is 0 Å². The van der Waals surface area contributed by atoms with Gasteiger partial charge in [0.15, 0.2) is 5.69 Å². The van der Waals surface area contributed by atoms with Crippen molar-refractivity contribution in [1.82, 2.24) is 20.4 Å². The van der Waals surface area contributed by atoms with Crippen LogP contribution in [0.3, 0.4) is 0 Å². The summed E-state index contributed by atoms with van der Waals surface area (Å²) in [5.74, 6) is -0.584. The number of hydrogen-bond acceptors (Lipinski definition) is 4. The Labute approximate surface area is 165 Å². The van der Waals surface area contributed by atoms with Crippen LogP contribution in [0.5, 0.6) is 0 Å². The Morgan fingerprint density at radius 3 is 2.46 bits per heavy atom. The van der Waals surface area contributed by atoms with Crippen LogP contribution in [0, 0.1) is 0 Å². The van der Waals surface area contributed by atoms with Crippen molar-refractivity contribution in [1.29, 1.82) is 0 Å². The Hall–Kier alpha value is -2.67. The smallest absolute Gasteiger partial charge is 0.271 e. The van der Waals surface area contributed by atoms with Crippen molar-refractivity contribution in [3.8, 4) is 0 Å². The summed E-state index contributed by atoms with van der Waals surface area (Å²) in [5, 5.41) is 20.1. The van der Waals surface area contributed by atoms with Gasteiger partial charge in [-0.2, -0.15) is 5.10 Å². The fraction of sp³-hybridized carbons (Fsp3) is 0.476. The summed E-state index contributed by atoms with van der Waals surface area (Å²) >= 11 is 0. The summed E-state index contributed by atoms with van der Waals surface area (Å²) < 4.78 is 1.61. The maximum Gasteiger partial charge on any atom is 0.271 e. The second kappa shape index (κ2) is 8.14. The minimum Gasteiger partial charge on any atom is -0.390 e. The van der Waals surface area contributed by atoms with E-state index in [2.05, 4.69) is 15.7 Å². The first-order valence-corrected chi connectivity index (χ1v) is 9.70. The van der Waals surface area contributed by atoms with Gasteiger partial charge >= 0.3 is 0 Å². The van der Waals surface area contributed by atoms with Gasteiger partial charge in [-0.05, 0) is 45.1 Å². The minimum absolute atomic E-state index is 0.00607. The van der Waals surface area contributed by atoms with E-state index in [1.54, 1.807) is 4.68 Å². The van der Waals surface area contributed by atoms with Crippen molar-refractivity contribution < 1.29 is 14.7 Å². The van der Waals surface area contributed by atoms with Crippen LogP contribution in [0.15, 0.2) is 36.4 Å². The van der Waals surface area contributed by atoms with E-state index in [0.717, 1.165) is 18.4 Å². The van der Waals surface area contributed by atoms with Gasteiger partial charge in [0.05, 0.1) is 11.6 Å². The van der Waals surface area contributed by atoms with Crippen LogP contribution in [0.1, 0.15) is 72.1 Å². The standard InChI is InChI=1S/C21H28N4O3/c1-14(15-7-5-4-6-8-15)25-18(13-17(24-25)19(26)22-3)20(27)23-16-9-11-21(2,28)12-10-16/h4-8,13-14,16,28H,9-12H2,1-3H3,(H,22,26)(H,23,27). The van der Waals surface area contributed by atoms with Crippen molar-refractivity contribution in [2.24, 2.45) is 0 Å². The molecule has 28 heavy (non-hydrogen) atoms. The van der Waals surface area contributed by atoms with Gasteiger partial charge in [-0.1, -0.05) is 30.3 Å². The van der Waals surface area contributed by atoms with E-state index in [0.29, 0.717) is 18.5 Å². The number of hydrogen-bond donors (Lipinski definition) is 3. The Morgan fingerprint density at radius 2 is 1.86 bits per heavy atom. The number of benzene rings is 1. The van der Waals surface area contributed by atoms with Crippen molar-refractivity contribution >= 4 is 11.8 Å². The average Bonchev–Trinajstić information content (AvgIpc) is 3.14. The molecule has 3 rings (SSSR count). The van der Waals surface area contributed by atoms with Gasteiger partial charge in [-0.25, -0.2) is 0 Å². The van der Waals surface area contributed by atoms with Crippen molar-refractivity contribution in [2.45, 2.75) is 57.2 Å². The number of aromatic nitrogens is 2. The molecule has 3 N–H and O–H groups in total. The predicted octanol–water partition coefficient (Wildman–Crippen LogP) is 2.28. The van der Waals surface area contributed by atoms with Gasteiger partial charge in [0.2, 0.25) is 0 Å². The molecule has 0 spiro atoms. The molecule has 2 amide bonds. The summed E-state index contributed by atoms with van der Waals surface area (Å²) in [6, 6.07) is 11.1. The van der Waals surface area contributed by atoms with E-state index in [-0.39, 0.29) is 29.6 Å². The molecule has 1 aromatic carbocycles. The molecule has 1 atom stereocenters. The highest BCUT2D eigenvalue weighted by molar-refractivity contribution is 5.98. The molecular weight excluding hydrogens is 356 g/mol. The lowest BCUT2D eigenvalue weighted by molar-refractivity contribution is 0.0140. The number of nitrogens with one attached hydrogen (secondary N) is 2. The van der Waals surface area contributed by atoms with E-state index < -0.39 is 5.60 Å². The van der Waals surface area contributed by atoms with Gasteiger partial charge in [-0.15, -0.1) is 0 Å². The summed E-state index contributed by atoms with van der Waals surface area (Å²) in [4.78, 5) is 25.1. The molecule has 0 aliphatic heterocycles. The second-order valence-electron chi connectivity index (χ2n) is 7.77. The monoisotopic (exact) mass is 384 g/mol. The van der Waals surface area contributed by atoms with Crippen LogP contribution >= 0.6 is 0 Å². The number of nitrogens with zero attached hydrogens (tertiary/aromatic N) is 2. The van der Waals surface area contributed by atoms with Crippen LogP contribution in [-0.2, 0) is 0 Å². The van der Waals surface area contributed by atoms with Crippen LogP contribution < -0.4 is 10.6 Å². The van der Waals surface area contributed by atoms with Gasteiger partial charge in [0.25, 0.3) is 11.8 Å². The van der Waals surface area contributed by atoms with E-state index in [1.165, 1.54) is 13.1 Å². The molecule has 0 saturated heterocycles. The second-order valence-corrected chi connectivity index (χ2v) is 7.77. The molecule has 7 heteroatoms. The summed E-state index contributed by atoms with van der Waals surface area (Å²) in [6.45, 7) is 3.78. The van der Waals surface area contributed by atoms with Gasteiger partial charge < -0.3 is 15.7 Å². The molecule has 1 fully saturated rings.